The van der Waals surface area contributed by atoms with Crippen LogP contribution < -0.4 is 10.0 Å². The molecule has 0 spiro atoms. The Bertz CT molecular complexity index is 1270. The zero-order valence-corrected chi connectivity index (χ0v) is 18.3. The molecule has 2 aromatic carbocycles. The monoisotopic (exact) mass is 449 g/mol. The van der Waals surface area contributed by atoms with Gasteiger partial charge in [-0.1, -0.05) is 53.9 Å². The van der Waals surface area contributed by atoms with Crippen molar-refractivity contribution >= 4 is 46.0 Å². The Labute approximate surface area is 189 Å². The van der Waals surface area contributed by atoms with Crippen molar-refractivity contribution in [1.29, 1.82) is 0 Å². The normalized spacial score (nSPS) is 17.5. The van der Waals surface area contributed by atoms with E-state index < -0.39 is 6.10 Å². The lowest BCUT2D eigenvalue weighted by Crippen LogP contribution is -2.21. The average molecular weight is 450 g/mol. The first kappa shape index (κ1) is 20.1. The summed E-state index contributed by atoms with van der Waals surface area (Å²) in [5, 5.41) is 15.4. The number of hydrogen-bond donors (Lipinski definition) is 3. The molecule has 6 nitrogen and oxygen atoms in total. The molecule has 1 aliphatic carbocycles. The minimum atomic E-state index is -0.508. The van der Waals surface area contributed by atoms with Crippen LogP contribution in [0.5, 0.6) is 0 Å². The first-order valence-corrected chi connectivity index (χ1v) is 11.5. The highest BCUT2D eigenvalue weighted by Gasteiger charge is 2.31. The van der Waals surface area contributed by atoms with Crippen LogP contribution in [0.3, 0.4) is 0 Å². The van der Waals surface area contributed by atoms with E-state index in [1.54, 1.807) is 12.5 Å². The van der Waals surface area contributed by atoms with Gasteiger partial charge in [0.05, 0.1) is 23.3 Å². The van der Waals surface area contributed by atoms with Crippen LogP contribution in [0.15, 0.2) is 61.1 Å². The summed E-state index contributed by atoms with van der Waals surface area (Å²) in [7, 11) is 0. The summed E-state index contributed by atoms with van der Waals surface area (Å²) in [5.41, 5.74) is 5.77. The summed E-state index contributed by atoms with van der Waals surface area (Å²) >= 11 is 7.65. The van der Waals surface area contributed by atoms with Gasteiger partial charge in [0.25, 0.3) is 0 Å². The standard InChI is InChI=1S/C23H20ClN5OS/c1-31-29-19-9-15(11-25-22(19)24)13-6-7-18-17(8-13)23(27-12-26-18)28-21-16-5-3-2-4-14(16)10-20(21)30/h2-9,11-12,20-21,29-30H,10H2,1H3,(H,26,27,28). The fraction of sp³-hybridized carbons (Fsp3) is 0.174. The van der Waals surface area contributed by atoms with Gasteiger partial charge in [0, 0.05) is 29.8 Å². The zero-order chi connectivity index (χ0) is 21.4. The summed E-state index contributed by atoms with van der Waals surface area (Å²) < 4.78 is 3.15. The van der Waals surface area contributed by atoms with Crippen molar-refractivity contribution in [3.8, 4) is 11.1 Å². The number of benzene rings is 2. The molecule has 0 saturated carbocycles. The van der Waals surface area contributed by atoms with Crippen molar-refractivity contribution in [3.63, 3.8) is 0 Å². The molecule has 0 bridgehead atoms. The second-order valence-corrected chi connectivity index (χ2v) is 8.39. The van der Waals surface area contributed by atoms with Gasteiger partial charge in [-0.15, -0.1) is 0 Å². The quantitative estimate of drug-likeness (QED) is 0.288. The van der Waals surface area contributed by atoms with E-state index in [4.69, 9.17) is 11.6 Å². The lowest BCUT2D eigenvalue weighted by Gasteiger charge is -2.19. The number of hydrogen-bond acceptors (Lipinski definition) is 7. The third-order valence-electron chi connectivity index (χ3n) is 5.52. The predicted molar refractivity (Wildman–Crippen MR) is 127 cm³/mol. The Kier molecular flexibility index (Phi) is 5.40. The Morgan fingerprint density at radius 1 is 1.06 bits per heavy atom. The van der Waals surface area contributed by atoms with E-state index >= 15 is 0 Å². The number of nitrogens with zero attached hydrogens (tertiary/aromatic N) is 3. The molecule has 3 N–H and O–H groups in total. The van der Waals surface area contributed by atoms with Gasteiger partial charge in [0.1, 0.15) is 12.1 Å². The van der Waals surface area contributed by atoms with Crippen LogP contribution in [0.4, 0.5) is 11.5 Å². The van der Waals surface area contributed by atoms with Crippen LogP contribution in [0, 0.1) is 0 Å². The largest absolute Gasteiger partial charge is 0.390 e. The minimum absolute atomic E-state index is 0.215. The third kappa shape index (κ3) is 3.80. The number of aliphatic hydroxyl groups excluding tert-OH is 1. The molecule has 2 atom stereocenters. The molecule has 0 fully saturated rings. The molecule has 5 rings (SSSR count). The summed E-state index contributed by atoms with van der Waals surface area (Å²) in [6, 6.07) is 15.9. The minimum Gasteiger partial charge on any atom is -0.390 e. The fourth-order valence-electron chi connectivity index (χ4n) is 4.03. The Morgan fingerprint density at radius 3 is 2.81 bits per heavy atom. The third-order valence-corrected chi connectivity index (χ3v) is 6.24. The lowest BCUT2D eigenvalue weighted by molar-refractivity contribution is 0.165. The van der Waals surface area contributed by atoms with Gasteiger partial charge in [-0.25, -0.2) is 15.0 Å². The number of pyridine rings is 1. The molecule has 2 heterocycles. The number of nitrogens with one attached hydrogen (secondary N) is 2. The summed E-state index contributed by atoms with van der Waals surface area (Å²) in [6.45, 7) is 0. The number of halogens is 1. The molecule has 4 aromatic rings. The highest BCUT2D eigenvalue weighted by molar-refractivity contribution is 7.99. The molecule has 8 heteroatoms. The van der Waals surface area contributed by atoms with E-state index in [-0.39, 0.29) is 6.04 Å². The van der Waals surface area contributed by atoms with Crippen molar-refractivity contribution in [2.45, 2.75) is 18.6 Å². The Morgan fingerprint density at radius 2 is 1.94 bits per heavy atom. The van der Waals surface area contributed by atoms with E-state index in [1.807, 2.05) is 42.7 Å². The van der Waals surface area contributed by atoms with Crippen LogP contribution in [0.2, 0.25) is 5.15 Å². The van der Waals surface area contributed by atoms with Crippen LogP contribution in [0.25, 0.3) is 22.0 Å². The number of rotatable bonds is 5. The van der Waals surface area contributed by atoms with Crippen LogP contribution in [-0.4, -0.2) is 32.4 Å². The maximum atomic E-state index is 10.6. The van der Waals surface area contributed by atoms with Crippen LogP contribution >= 0.6 is 23.5 Å². The number of fused-ring (bicyclic) bond motifs is 2. The first-order valence-electron chi connectivity index (χ1n) is 9.86. The van der Waals surface area contributed by atoms with Crippen LogP contribution in [0.1, 0.15) is 17.2 Å². The maximum absolute atomic E-state index is 10.6. The van der Waals surface area contributed by atoms with Crippen LogP contribution in [-0.2, 0) is 6.42 Å². The highest BCUT2D eigenvalue weighted by atomic mass is 35.5. The molecular formula is C23H20ClN5OS. The summed E-state index contributed by atoms with van der Waals surface area (Å²) in [6.07, 6.45) is 5.35. The van der Waals surface area contributed by atoms with Crippen molar-refractivity contribution < 1.29 is 5.11 Å². The summed E-state index contributed by atoms with van der Waals surface area (Å²) in [5.74, 6) is 0.692. The smallest absolute Gasteiger partial charge is 0.152 e. The van der Waals surface area contributed by atoms with Crippen molar-refractivity contribution in [3.05, 3.63) is 77.3 Å². The zero-order valence-electron chi connectivity index (χ0n) is 16.7. The first-order chi connectivity index (χ1) is 15.1. The fourth-order valence-corrected chi connectivity index (χ4v) is 4.62. The molecule has 0 amide bonds. The molecular weight excluding hydrogens is 430 g/mol. The average Bonchev–Trinajstić information content (AvgIpc) is 3.10. The van der Waals surface area contributed by atoms with E-state index in [1.165, 1.54) is 11.9 Å². The van der Waals surface area contributed by atoms with Gasteiger partial charge in [0.2, 0.25) is 0 Å². The van der Waals surface area contributed by atoms with Gasteiger partial charge >= 0.3 is 0 Å². The number of aliphatic hydroxyl groups is 1. The highest BCUT2D eigenvalue weighted by Crippen LogP contribution is 2.36. The number of anilines is 2. The van der Waals surface area contributed by atoms with E-state index in [0.29, 0.717) is 17.4 Å². The molecule has 156 valence electrons. The van der Waals surface area contributed by atoms with Crippen molar-refractivity contribution in [2.24, 2.45) is 0 Å². The molecule has 2 unspecified atom stereocenters. The second kappa shape index (κ2) is 8.34. The van der Waals surface area contributed by atoms with E-state index in [2.05, 4.69) is 37.1 Å². The predicted octanol–water partition coefficient (Wildman–Crippen LogP) is 5.11. The molecule has 0 aliphatic heterocycles. The number of aromatic nitrogens is 3. The SMILES string of the molecule is CSNc1cc(-c2ccc3ncnc(NC4c5ccccc5CC4O)c3c2)cnc1Cl. The second-order valence-electron chi connectivity index (χ2n) is 7.42. The van der Waals surface area contributed by atoms with Gasteiger partial charge in [-0.3, -0.25) is 0 Å². The van der Waals surface area contributed by atoms with E-state index in [9.17, 15) is 5.11 Å². The molecule has 0 saturated heterocycles. The molecule has 1 aliphatic rings. The van der Waals surface area contributed by atoms with Crippen molar-refractivity contribution in [1.82, 2.24) is 15.0 Å². The lowest BCUT2D eigenvalue weighted by atomic mass is 10.0. The maximum Gasteiger partial charge on any atom is 0.152 e. The van der Waals surface area contributed by atoms with Gasteiger partial charge in [-0.2, -0.15) is 0 Å². The molecule has 31 heavy (non-hydrogen) atoms. The summed E-state index contributed by atoms with van der Waals surface area (Å²) in [4.78, 5) is 13.2. The van der Waals surface area contributed by atoms with Gasteiger partial charge in [0.15, 0.2) is 5.15 Å². The Balaban J connectivity index is 1.54. The van der Waals surface area contributed by atoms with Gasteiger partial charge < -0.3 is 15.1 Å². The van der Waals surface area contributed by atoms with Crippen molar-refractivity contribution in [2.75, 3.05) is 16.3 Å². The molecule has 0 radical (unpaired) electrons. The Hall–Kier alpha value is -2.87. The molecule has 2 aromatic heterocycles. The van der Waals surface area contributed by atoms with Gasteiger partial charge in [-0.05, 0) is 34.9 Å². The van der Waals surface area contributed by atoms with E-state index in [0.717, 1.165) is 38.8 Å². The topological polar surface area (TPSA) is 83.0 Å².